The summed E-state index contributed by atoms with van der Waals surface area (Å²) in [4.78, 5) is 12.0. The minimum atomic E-state index is -0.204. The van der Waals surface area contributed by atoms with Crippen LogP contribution < -0.4 is 20.9 Å². The van der Waals surface area contributed by atoms with Gasteiger partial charge in [-0.05, 0) is 49.3 Å². The summed E-state index contributed by atoms with van der Waals surface area (Å²) in [5.74, 6) is 0.480. The molecule has 0 aromatic heterocycles. The maximum atomic E-state index is 12.0. The van der Waals surface area contributed by atoms with E-state index in [0.29, 0.717) is 10.9 Å². The van der Waals surface area contributed by atoms with Crippen LogP contribution in [0.15, 0.2) is 42.5 Å². The van der Waals surface area contributed by atoms with E-state index < -0.39 is 0 Å². The Hall–Kier alpha value is -2.60. The highest BCUT2D eigenvalue weighted by atomic mass is 32.1. The lowest BCUT2D eigenvalue weighted by Crippen LogP contribution is -2.44. The van der Waals surface area contributed by atoms with Crippen LogP contribution in [-0.4, -0.2) is 18.1 Å². The number of amides is 1. The number of nitrogens with one attached hydrogen (secondary N) is 3. The summed E-state index contributed by atoms with van der Waals surface area (Å²) in [5.41, 5.74) is 9.31. The van der Waals surface area contributed by atoms with Crippen LogP contribution in [0.1, 0.15) is 16.7 Å². The Labute approximate surface area is 147 Å². The Bertz CT molecular complexity index is 747. The predicted octanol–water partition coefficient (Wildman–Crippen LogP) is 2.87. The first-order valence-electron chi connectivity index (χ1n) is 7.55. The summed E-state index contributed by atoms with van der Waals surface area (Å²) in [5, 5.41) is 3.40. The summed E-state index contributed by atoms with van der Waals surface area (Å²) < 4.78 is 5.24. The van der Waals surface area contributed by atoms with Crippen molar-refractivity contribution < 1.29 is 9.53 Å². The molecule has 2 aromatic carbocycles. The number of hydrogen-bond acceptors (Lipinski definition) is 3. The molecule has 3 N–H and O–H groups in total. The SMILES string of the molecule is COc1ccccc1CC(=O)NNC(=S)Nc1cccc(C)c1C. The quantitative estimate of drug-likeness (QED) is 0.589. The Balaban J connectivity index is 1.87. The number of methoxy groups -OCH3 is 1. The average Bonchev–Trinajstić information content (AvgIpc) is 2.58. The highest BCUT2D eigenvalue weighted by Crippen LogP contribution is 2.18. The van der Waals surface area contributed by atoms with Crippen LogP contribution >= 0.6 is 12.2 Å². The first-order valence-corrected chi connectivity index (χ1v) is 7.96. The summed E-state index contributed by atoms with van der Waals surface area (Å²) in [7, 11) is 1.58. The largest absolute Gasteiger partial charge is 0.496 e. The lowest BCUT2D eigenvalue weighted by atomic mass is 10.1. The van der Waals surface area contributed by atoms with E-state index in [2.05, 4.69) is 16.2 Å². The fourth-order valence-electron chi connectivity index (χ4n) is 2.23. The van der Waals surface area contributed by atoms with Crippen molar-refractivity contribution in [1.82, 2.24) is 10.9 Å². The van der Waals surface area contributed by atoms with E-state index in [1.165, 1.54) is 5.56 Å². The number of carbonyl (C=O) groups excluding carboxylic acids is 1. The molecule has 0 saturated carbocycles. The van der Waals surface area contributed by atoms with Gasteiger partial charge < -0.3 is 10.1 Å². The van der Waals surface area contributed by atoms with E-state index >= 15 is 0 Å². The number of benzene rings is 2. The van der Waals surface area contributed by atoms with Gasteiger partial charge in [0.25, 0.3) is 0 Å². The first-order chi connectivity index (χ1) is 11.5. The molecule has 1 amide bonds. The maximum Gasteiger partial charge on any atom is 0.242 e. The van der Waals surface area contributed by atoms with Gasteiger partial charge in [-0.3, -0.25) is 15.6 Å². The molecule has 6 heteroatoms. The molecular formula is C18H21N3O2S. The lowest BCUT2D eigenvalue weighted by molar-refractivity contribution is -0.121. The second-order valence-corrected chi connectivity index (χ2v) is 5.77. The number of ether oxygens (including phenoxy) is 1. The Morgan fingerprint density at radius 1 is 1.08 bits per heavy atom. The minimum absolute atomic E-state index is 0.198. The number of aryl methyl sites for hydroxylation is 1. The third-order valence-corrected chi connectivity index (χ3v) is 3.92. The van der Waals surface area contributed by atoms with Gasteiger partial charge in [-0.1, -0.05) is 30.3 Å². The van der Waals surface area contributed by atoms with Crippen LogP contribution in [0.25, 0.3) is 0 Å². The zero-order chi connectivity index (χ0) is 17.5. The molecule has 2 aromatic rings. The van der Waals surface area contributed by atoms with Gasteiger partial charge in [0, 0.05) is 11.3 Å². The van der Waals surface area contributed by atoms with Crippen LogP contribution in [-0.2, 0) is 11.2 Å². The smallest absolute Gasteiger partial charge is 0.242 e. The minimum Gasteiger partial charge on any atom is -0.496 e. The molecule has 0 aliphatic carbocycles. The van der Waals surface area contributed by atoms with E-state index in [9.17, 15) is 4.79 Å². The molecule has 0 radical (unpaired) electrons. The van der Waals surface area contributed by atoms with Crippen LogP contribution in [0.2, 0.25) is 0 Å². The highest BCUT2D eigenvalue weighted by Gasteiger charge is 2.09. The number of hydrogen-bond donors (Lipinski definition) is 3. The monoisotopic (exact) mass is 343 g/mol. The van der Waals surface area contributed by atoms with Crippen molar-refractivity contribution in [3.63, 3.8) is 0 Å². The Kier molecular flexibility index (Phi) is 6.14. The van der Waals surface area contributed by atoms with Gasteiger partial charge in [-0.2, -0.15) is 0 Å². The van der Waals surface area contributed by atoms with Crippen molar-refractivity contribution >= 4 is 28.9 Å². The number of anilines is 1. The molecule has 0 spiro atoms. The molecule has 0 fully saturated rings. The van der Waals surface area contributed by atoms with Crippen molar-refractivity contribution in [3.05, 3.63) is 59.2 Å². The molecule has 0 unspecified atom stereocenters. The standard InChI is InChI=1S/C18H21N3O2S/c1-12-7-6-9-15(13(12)2)19-18(24)21-20-17(22)11-14-8-4-5-10-16(14)23-3/h4-10H,11H2,1-3H3,(H,20,22)(H2,19,21,24). The van der Waals surface area contributed by atoms with Crippen molar-refractivity contribution in [2.75, 3.05) is 12.4 Å². The van der Waals surface area contributed by atoms with Gasteiger partial charge in [0.05, 0.1) is 13.5 Å². The number of para-hydroxylation sites is 1. The number of carbonyl (C=O) groups is 1. The van der Waals surface area contributed by atoms with E-state index in [4.69, 9.17) is 17.0 Å². The Morgan fingerprint density at radius 2 is 1.83 bits per heavy atom. The van der Waals surface area contributed by atoms with Gasteiger partial charge in [0.1, 0.15) is 5.75 Å². The van der Waals surface area contributed by atoms with Gasteiger partial charge >= 0.3 is 0 Å². The molecule has 0 bridgehead atoms. The molecule has 2 rings (SSSR count). The first kappa shape index (κ1) is 17.7. The second kappa shape index (κ2) is 8.31. The van der Waals surface area contributed by atoms with Gasteiger partial charge in [0.15, 0.2) is 5.11 Å². The molecule has 0 saturated heterocycles. The molecule has 0 aliphatic rings. The van der Waals surface area contributed by atoms with E-state index in [1.807, 2.05) is 56.3 Å². The fraction of sp³-hybridized carbons (Fsp3) is 0.222. The van der Waals surface area contributed by atoms with Gasteiger partial charge in [-0.25, -0.2) is 0 Å². The Morgan fingerprint density at radius 3 is 2.58 bits per heavy atom. The van der Waals surface area contributed by atoms with Crippen LogP contribution in [0.3, 0.4) is 0 Å². The fourth-order valence-corrected chi connectivity index (χ4v) is 2.39. The van der Waals surface area contributed by atoms with E-state index in [1.54, 1.807) is 7.11 Å². The second-order valence-electron chi connectivity index (χ2n) is 5.36. The number of thiocarbonyl (C=S) groups is 1. The summed E-state index contributed by atoms with van der Waals surface area (Å²) in [6.45, 7) is 4.05. The van der Waals surface area contributed by atoms with E-state index in [0.717, 1.165) is 16.8 Å². The summed E-state index contributed by atoms with van der Waals surface area (Å²) in [6.07, 6.45) is 0.198. The zero-order valence-electron chi connectivity index (χ0n) is 14.0. The zero-order valence-corrected chi connectivity index (χ0v) is 14.8. The predicted molar refractivity (Wildman–Crippen MR) is 100 cm³/mol. The van der Waals surface area contributed by atoms with Crippen molar-refractivity contribution in [2.24, 2.45) is 0 Å². The van der Waals surface area contributed by atoms with Crippen molar-refractivity contribution in [3.8, 4) is 5.75 Å². The molecule has 0 heterocycles. The maximum absolute atomic E-state index is 12.0. The third-order valence-electron chi connectivity index (χ3n) is 3.71. The highest BCUT2D eigenvalue weighted by molar-refractivity contribution is 7.80. The molecule has 0 atom stereocenters. The topological polar surface area (TPSA) is 62.4 Å². The molecule has 126 valence electrons. The number of hydrazine groups is 1. The van der Waals surface area contributed by atoms with Crippen molar-refractivity contribution in [2.45, 2.75) is 20.3 Å². The molecular weight excluding hydrogens is 322 g/mol. The molecule has 5 nitrogen and oxygen atoms in total. The van der Waals surface area contributed by atoms with Gasteiger partial charge in [-0.15, -0.1) is 0 Å². The lowest BCUT2D eigenvalue weighted by Gasteiger charge is -2.14. The van der Waals surface area contributed by atoms with Crippen molar-refractivity contribution in [1.29, 1.82) is 0 Å². The van der Waals surface area contributed by atoms with Crippen LogP contribution in [0, 0.1) is 13.8 Å². The number of rotatable bonds is 4. The summed E-state index contributed by atoms with van der Waals surface area (Å²) >= 11 is 5.21. The van der Waals surface area contributed by atoms with Gasteiger partial charge in [0.2, 0.25) is 5.91 Å². The average molecular weight is 343 g/mol. The van der Waals surface area contributed by atoms with Crippen LogP contribution in [0.4, 0.5) is 5.69 Å². The third kappa shape index (κ3) is 4.70. The van der Waals surface area contributed by atoms with Crippen LogP contribution in [0.5, 0.6) is 5.75 Å². The summed E-state index contributed by atoms with van der Waals surface area (Å²) in [6, 6.07) is 13.3. The molecule has 24 heavy (non-hydrogen) atoms. The van der Waals surface area contributed by atoms with E-state index in [-0.39, 0.29) is 12.3 Å². The molecule has 0 aliphatic heterocycles. The normalized spacial score (nSPS) is 9.96.